The number of fused-ring (bicyclic) bond motifs is 2. The molecule has 0 amide bonds. The van der Waals surface area contributed by atoms with Gasteiger partial charge in [-0.1, -0.05) is 62.4 Å². The van der Waals surface area contributed by atoms with Crippen LogP contribution < -0.4 is 4.90 Å². The van der Waals surface area contributed by atoms with E-state index in [-0.39, 0.29) is 28.0 Å². The Morgan fingerprint density at radius 3 is 2.22 bits per heavy atom. The predicted octanol–water partition coefficient (Wildman–Crippen LogP) is 6.33. The second kappa shape index (κ2) is 13.5. The van der Waals surface area contributed by atoms with E-state index in [0.29, 0.717) is 25.1 Å². The van der Waals surface area contributed by atoms with Gasteiger partial charge in [0.1, 0.15) is 10.1 Å². The summed E-state index contributed by atoms with van der Waals surface area (Å²) in [6.07, 6.45) is 10.4. The number of aromatic carboxylic acids is 1. The quantitative estimate of drug-likeness (QED) is 0.0953. The van der Waals surface area contributed by atoms with Crippen LogP contribution >= 0.6 is 0 Å². The SMILES string of the molecule is CC1(C)C(/C=C/C=C/C=C2/N(CCCCS(=O)(=O)O)c3ccc(S(=O)(=O)[O-])cc3C2(C)C)=[N+](Cc2ccc(C(=O)O)cc2)c2ccccc21. The molecule has 258 valence electrons. The standard InChI is InChI=1S/C37H40N2O8S2/c1-36(2)29-12-8-9-13-31(29)39(25-26-16-18-27(19-17-26)35(40)41)34(36)15-7-5-6-14-33-37(3,4)30-24-28(49(45,46)47)20-21-32(30)38(33)22-10-11-23-48(42,43)44/h5-9,12-21,24H,10-11,22-23,25H2,1-4H3,(H2-,40,41,42,43,44,45,46,47). The van der Waals surface area contributed by atoms with Crippen molar-refractivity contribution in [2.24, 2.45) is 0 Å². The van der Waals surface area contributed by atoms with Gasteiger partial charge in [0.2, 0.25) is 5.69 Å². The largest absolute Gasteiger partial charge is 0.744 e. The number of carboxylic acid groups (broad SMARTS) is 1. The van der Waals surface area contributed by atoms with Gasteiger partial charge in [-0.3, -0.25) is 4.55 Å². The molecule has 0 aliphatic carbocycles. The third-order valence-corrected chi connectivity index (χ3v) is 10.9. The highest BCUT2D eigenvalue weighted by Gasteiger charge is 2.44. The Labute approximate surface area is 287 Å². The summed E-state index contributed by atoms with van der Waals surface area (Å²) in [5, 5.41) is 9.32. The maximum Gasteiger partial charge on any atom is 0.335 e. The maximum atomic E-state index is 11.8. The molecule has 0 radical (unpaired) electrons. The van der Waals surface area contributed by atoms with Crippen LogP contribution in [0.2, 0.25) is 0 Å². The third kappa shape index (κ3) is 7.62. The number of unbranched alkanes of at least 4 members (excludes halogenated alkanes) is 1. The Balaban J connectivity index is 1.46. The molecule has 2 heterocycles. The lowest BCUT2D eigenvalue weighted by Crippen LogP contribution is -2.27. The molecular formula is C37H40N2O8S2. The number of nitrogens with zero attached hydrogens (tertiary/aromatic N) is 2. The minimum absolute atomic E-state index is 0.232. The second-order valence-electron chi connectivity index (χ2n) is 13.3. The van der Waals surface area contributed by atoms with E-state index in [1.807, 2.05) is 67.3 Å². The Morgan fingerprint density at radius 1 is 0.878 bits per heavy atom. The highest BCUT2D eigenvalue weighted by molar-refractivity contribution is 7.86. The zero-order valence-corrected chi connectivity index (χ0v) is 29.5. The van der Waals surface area contributed by atoms with Crippen molar-refractivity contribution in [3.63, 3.8) is 0 Å². The van der Waals surface area contributed by atoms with Gasteiger partial charge in [-0.05, 0) is 68.7 Å². The number of carbonyl (C=O) groups is 1. The minimum atomic E-state index is -4.67. The molecule has 0 fully saturated rings. The maximum absolute atomic E-state index is 11.8. The highest BCUT2D eigenvalue weighted by atomic mass is 32.2. The lowest BCUT2D eigenvalue weighted by Gasteiger charge is -2.27. The van der Waals surface area contributed by atoms with Crippen LogP contribution in [0, 0.1) is 0 Å². The van der Waals surface area contributed by atoms with Crippen molar-refractivity contribution >= 4 is 43.3 Å². The summed E-state index contributed by atoms with van der Waals surface area (Å²) >= 11 is 0. The van der Waals surface area contributed by atoms with Crippen LogP contribution in [0.25, 0.3) is 0 Å². The van der Waals surface area contributed by atoms with Gasteiger partial charge >= 0.3 is 5.97 Å². The zero-order chi connectivity index (χ0) is 35.8. The van der Waals surface area contributed by atoms with Crippen molar-refractivity contribution in [2.45, 2.75) is 62.8 Å². The van der Waals surface area contributed by atoms with Crippen LogP contribution in [0.15, 0.2) is 108 Å². The average molecular weight is 705 g/mol. The van der Waals surface area contributed by atoms with Crippen LogP contribution in [0.5, 0.6) is 0 Å². The van der Waals surface area contributed by atoms with E-state index in [2.05, 4.69) is 36.6 Å². The van der Waals surface area contributed by atoms with E-state index < -0.39 is 31.6 Å². The van der Waals surface area contributed by atoms with Gasteiger partial charge in [0.05, 0.1) is 21.6 Å². The van der Waals surface area contributed by atoms with Crippen LogP contribution in [-0.2, 0) is 37.6 Å². The second-order valence-corrected chi connectivity index (χ2v) is 16.3. The molecule has 5 rings (SSSR count). The molecule has 0 atom stereocenters. The number of para-hydroxylation sites is 1. The number of allylic oxidation sites excluding steroid dienone is 6. The van der Waals surface area contributed by atoms with Crippen molar-refractivity contribution in [1.82, 2.24) is 0 Å². The molecule has 0 saturated carbocycles. The summed E-state index contributed by atoms with van der Waals surface area (Å²) in [5.74, 6) is -1.33. The van der Waals surface area contributed by atoms with Crippen molar-refractivity contribution < 1.29 is 40.4 Å². The van der Waals surface area contributed by atoms with Crippen molar-refractivity contribution in [3.05, 3.63) is 125 Å². The first-order valence-electron chi connectivity index (χ1n) is 15.9. The number of anilines is 1. The third-order valence-electron chi connectivity index (χ3n) is 9.26. The molecule has 3 aromatic carbocycles. The Hall–Kier alpha value is -4.36. The number of carboxylic acids is 1. The molecule has 2 N–H and O–H groups in total. The van der Waals surface area contributed by atoms with E-state index in [1.165, 1.54) is 17.7 Å². The fraction of sp³-hybridized carbons (Fsp3) is 0.297. The molecular weight excluding hydrogens is 665 g/mol. The van der Waals surface area contributed by atoms with Gasteiger partial charge in [0.15, 0.2) is 12.3 Å². The zero-order valence-electron chi connectivity index (χ0n) is 27.8. The monoisotopic (exact) mass is 704 g/mol. The van der Waals surface area contributed by atoms with Crippen molar-refractivity contribution in [2.75, 3.05) is 17.2 Å². The lowest BCUT2D eigenvalue weighted by atomic mass is 9.81. The molecule has 2 aliphatic rings. The van der Waals surface area contributed by atoms with Crippen LogP contribution in [0.3, 0.4) is 0 Å². The molecule has 0 unspecified atom stereocenters. The summed E-state index contributed by atoms with van der Waals surface area (Å²) in [6, 6.07) is 19.4. The molecule has 49 heavy (non-hydrogen) atoms. The van der Waals surface area contributed by atoms with Crippen molar-refractivity contribution in [3.8, 4) is 0 Å². The Kier molecular flexibility index (Phi) is 9.91. The smallest absolute Gasteiger partial charge is 0.335 e. The van der Waals surface area contributed by atoms with Crippen molar-refractivity contribution in [1.29, 1.82) is 0 Å². The van der Waals surface area contributed by atoms with E-state index in [9.17, 15) is 35.8 Å². The van der Waals surface area contributed by atoms with E-state index in [4.69, 9.17) is 0 Å². The molecule has 3 aromatic rings. The Bertz CT molecular complexity index is 2130. The highest BCUT2D eigenvalue weighted by Crippen LogP contribution is 2.48. The number of rotatable bonds is 12. The molecule has 10 nitrogen and oxygen atoms in total. The van der Waals surface area contributed by atoms with Crippen LogP contribution in [-0.4, -0.2) is 59.6 Å². The summed E-state index contributed by atoms with van der Waals surface area (Å²) in [7, 11) is -8.77. The van der Waals surface area contributed by atoms with Gasteiger partial charge in [-0.25, -0.2) is 13.2 Å². The fourth-order valence-electron chi connectivity index (χ4n) is 6.71. The van der Waals surface area contributed by atoms with Gasteiger partial charge < -0.3 is 14.6 Å². The first-order valence-corrected chi connectivity index (χ1v) is 18.9. The minimum Gasteiger partial charge on any atom is -0.744 e. The van der Waals surface area contributed by atoms with Crippen LogP contribution in [0.4, 0.5) is 11.4 Å². The molecule has 2 aliphatic heterocycles. The molecule has 0 saturated heterocycles. The first-order chi connectivity index (χ1) is 22.9. The summed E-state index contributed by atoms with van der Waals surface area (Å²) in [4.78, 5) is 13.0. The van der Waals surface area contributed by atoms with Gasteiger partial charge in [-0.2, -0.15) is 13.0 Å². The van der Waals surface area contributed by atoms with E-state index >= 15 is 0 Å². The number of hydrogen-bond acceptors (Lipinski definition) is 7. The van der Waals surface area contributed by atoms with Crippen LogP contribution in [0.1, 0.15) is 67.6 Å². The van der Waals surface area contributed by atoms with E-state index in [1.54, 1.807) is 18.2 Å². The summed E-state index contributed by atoms with van der Waals surface area (Å²) < 4.78 is 69.5. The normalized spacial score (nSPS) is 17.8. The number of benzene rings is 3. The first kappa shape index (κ1) is 35.9. The fourth-order valence-corrected chi connectivity index (χ4v) is 7.78. The van der Waals surface area contributed by atoms with Gasteiger partial charge in [0, 0.05) is 46.6 Å². The Morgan fingerprint density at radius 2 is 1.57 bits per heavy atom. The summed E-state index contributed by atoms with van der Waals surface area (Å²) in [6.45, 7) is 9.18. The number of hydrogen-bond donors (Lipinski definition) is 2. The average Bonchev–Trinajstić information content (AvgIpc) is 3.36. The molecule has 0 bridgehead atoms. The lowest BCUT2D eigenvalue weighted by molar-refractivity contribution is -0.455. The predicted molar refractivity (Wildman–Crippen MR) is 188 cm³/mol. The van der Waals surface area contributed by atoms with Gasteiger partial charge in [-0.15, -0.1) is 0 Å². The van der Waals surface area contributed by atoms with Gasteiger partial charge in [0.25, 0.3) is 10.1 Å². The molecule has 12 heteroatoms. The molecule has 0 aromatic heterocycles. The summed E-state index contributed by atoms with van der Waals surface area (Å²) in [5.41, 5.74) is 5.77. The molecule has 0 spiro atoms. The topological polar surface area (TPSA) is 155 Å². The van der Waals surface area contributed by atoms with E-state index in [0.717, 1.165) is 28.3 Å².